The number of ether oxygens (including phenoxy) is 2. The molecule has 1 heterocycles. The summed E-state index contributed by atoms with van der Waals surface area (Å²) in [6.07, 6.45) is -0.541. The topological polar surface area (TPSA) is 50.7 Å². The van der Waals surface area contributed by atoms with E-state index in [0.29, 0.717) is 19.0 Å². The largest absolute Gasteiger partial charge is 0.486 e. The molecule has 0 aromatic heterocycles. The first-order chi connectivity index (χ1) is 7.72. The first-order valence-electron chi connectivity index (χ1n) is 5.47. The Morgan fingerprint density at radius 3 is 2.62 bits per heavy atom. The number of likely N-dealkylation sites (N-methyl/N-ethyl adjacent to an activating group) is 1. The Bertz CT molecular complexity index is 367. The van der Waals surface area contributed by atoms with Crippen molar-refractivity contribution in [2.75, 3.05) is 20.3 Å². The molecule has 1 aliphatic rings. The minimum atomic E-state index is -0.541. The molecule has 0 bridgehead atoms. The fraction of sp³-hybridized carbons (Fsp3) is 0.500. The number of benzene rings is 1. The molecule has 0 radical (unpaired) electrons. The van der Waals surface area contributed by atoms with Crippen LogP contribution in [-0.4, -0.2) is 31.4 Å². The second-order valence-corrected chi connectivity index (χ2v) is 3.93. The third-order valence-corrected chi connectivity index (χ3v) is 2.84. The average molecular weight is 223 g/mol. The third-order valence-electron chi connectivity index (χ3n) is 2.84. The zero-order chi connectivity index (χ0) is 11.5. The SMILES string of the molecule is CNC(C)C(O)c1ccc2c(c1)OCCO2. The van der Waals surface area contributed by atoms with Gasteiger partial charge in [-0.25, -0.2) is 0 Å². The number of hydrogen-bond acceptors (Lipinski definition) is 4. The number of rotatable bonds is 3. The van der Waals surface area contributed by atoms with Gasteiger partial charge in [-0.1, -0.05) is 6.07 Å². The number of fused-ring (bicyclic) bond motifs is 1. The quantitative estimate of drug-likeness (QED) is 0.805. The van der Waals surface area contributed by atoms with Crippen molar-refractivity contribution in [3.05, 3.63) is 23.8 Å². The maximum absolute atomic E-state index is 10.0. The van der Waals surface area contributed by atoms with Crippen LogP contribution in [0, 0.1) is 0 Å². The van der Waals surface area contributed by atoms with Gasteiger partial charge in [-0.2, -0.15) is 0 Å². The van der Waals surface area contributed by atoms with Crippen molar-refractivity contribution in [2.45, 2.75) is 19.1 Å². The summed E-state index contributed by atoms with van der Waals surface area (Å²) in [5.74, 6) is 1.46. The van der Waals surface area contributed by atoms with Gasteiger partial charge in [0.25, 0.3) is 0 Å². The average Bonchev–Trinajstić information content (AvgIpc) is 2.36. The van der Waals surface area contributed by atoms with Crippen LogP contribution >= 0.6 is 0 Å². The van der Waals surface area contributed by atoms with Crippen LogP contribution in [0.25, 0.3) is 0 Å². The van der Waals surface area contributed by atoms with Crippen LogP contribution in [-0.2, 0) is 0 Å². The fourth-order valence-corrected chi connectivity index (χ4v) is 1.69. The molecule has 2 N–H and O–H groups in total. The monoisotopic (exact) mass is 223 g/mol. The van der Waals surface area contributed by atoms with Crippen molar-refractivity contribution in [3.8, 4) is 11.5 Å². The van der Waals surface area contributed by atoms with E-state index in [0.717, 1.165) is 11.3 Å². The molecule has 16 heavy (non-hydrogen) atoms. The molecule has 0 spiro atoms. The van der Waals surface area contributed by atoms with Crippen LogP contribution in [0.4, 0.5) is 0 Å². The van der Waals surface area contributed by atoms with Gasteiger partial charge in [0.05, 0.1) is 6.10 Å². The molecule has 1 aromatic rings. The predicted molar refractivity (Wildman–Crippen MR) is 60.9 cm³/mol. The highest BCUT2D eigenvalue weighted by Crippen LogP contribution is 2.33. The van der Waals surface area contributed by atoms with Gasteiger partial charge in [-0.15, -0.1) is 0 Å². The lowest BCUT2D eigenvalue weighted by molar-refractivity contribution is 0.137. The lowest BCUT2D eigenvalue weighted by atomic mass is 10.0. The van der Waals surface area contributed by atoms with E-state index in [2.05, 4.69) is 5.32 Å². The Balaban J connectivity index is 2.22. The second-order valence-electron chi connectivity index (χ2n) is 3.93. The number of aliphatic hydroxyl groups excluding tert-OH is 1. The molecule has 2 unspecified atom stereocenters. The third kappa shape index (κ3) is 2.13. The number of nitrogens with one attached hydrogen (secondary N) is 1. The van der Waals surface area contributed by atoms with Gasteiger partial charge in [0.2, 0.25) is 0 Å². The summed E-state index contributed by atoms with van der Waals surface area (Å²) in [5, 5.41) is 13.1. The zero-order valence-corrected chi connectivity index (χ0v) is 9.56. The lowest BCUT2D eigenvalue weighted by Crippen LogP contribution is -2.28. The summed E-state index contributed by atoms with van der Waals surface area (Å²) in [4.78, 5) is 0. The van der Waals surface area contributed by atoms with Crippen molar-refractivity contribution >= 4 is 0 Å². The van der Waals surface area contributed by atoms with E-state index in [1.54, 1.807) is 0 Å². The molecular weight excluding hydrogens is 206 g/mol. The normalized spacial score (nSPS) is 17.9. The van der Waals surface area contributed by atoms with Gasteiger partial charge in [0, 0.05) is 6.04 Å². The maximum atomic E-state index is 10.0. The summed E-state index contributed by atoms with van der Waals surface area (Å²) >= 11 is 0. The Hall–Kier alpha value is -1.26. The molecule has 0 saturated carbocycles. The lowest BCUT2D eigenvalue weighted by Gasteiger charge is -2.22. The highest BCUT2D eigenvalue weighted by molar-refractivity contribution is 5.44. The molecule has 0 aliphatic carbocycles. The molecular formula is C12H17NO3. The fourth-order valence-electron chi connectivity index (χ4n) is 1.69. The highest BCUT2D eigenvalue weighted by Gasteiger charge is 2.18. The highest BCUT2D eigenvalue weighted by atomic mass is 16.6. The number of aliphatic hydroxyl groups is 1. The molecule has 88 valence electrons. The van der Waals surface area contributed by atoms with Gasteiger partial charge < -0.3 is 19.9 Å². The van der Waals surface area contributed by atoms with Crippen LogP contribution < -0.4 is 14.8 Å². The Labute approximate surface area is 95.2 Å². The van der Waals surface area contributed by atoms with E-state index < -0.39 is 6.10 Å². The van der Waals surface area contributed by atoms with E-state index in [1.165, 1.54) is 0 Å². The van der Waals surface area contributed by atoms with Crippen molar-refractivity contribution in [2.24, 2.45) is 0 Å². The Morgan fingerprint density at radius 1 is 1.25 bits per heavy atom. The molecule has 1 aliphatic heterocycles. The summed E-state index contributed by atoms with van der Waals surface area (Å²) in [6.45, 7) is 3.08. The van der Waals surface area contributed by atoms with Gasteiger partial charge in [0.15, 0.2) is 11.5 Å². The van der Waals surface area contributed by atoms with Crippen LogP contribution in [0.3, 0.4) is 0 Å². The number of hydrogen-bond donors (Lipinski definition) is 2. The van der Waals surface area contributed by atoms with E-state index >= 15 is 0 Å². The smallest absolute Gasteiger partial charge is 0.161 e. The van der Waals surface area contributed by atoms with E-state index in [4.69, 9.17) is 9.47 Å². The molecule has 0 amide bonds. The zero-order valence-electron chi connectivity index (χ0n) is 9.56. The summed E-state index contributed by atoms with van der Waals surface area (Å²) in [6, 6.07) is 5.55. The first kappa shape index (κ1) is 11.2. The predicted octanol–water partition coefficient (Wildman–Crippen LogP) is 1.10. The Kier molecular flexibility index (Phi) is 3.31. The van der Waals surface area contributed by atoms with E-state index in [9.17, 15) is 5.11 Å². The van der Waals surface area contributed by atoms with Crippen LogP contribution in [0.1, 0.15) is 18.6 Å². The van der Waals surface area contributed by atoms with Crippen molar-refractivity contribution in [1.29, 1.82) is 0 Å². The molecule has 0 fully saturated rings. The van der Waals surface area contributed by atoms with Crippen LogP contribution in [0.2, 0.25) is 0 Å². The molecule has 1 aromatic carbocycles. The molecule has 4 heteroatoms. The van der Waals surface area contributed by atoms with Crippen molar-refractivity contribution in [3.63, 3.8) is 0 Å². The second kappa shape index (κ2) is 4.72. The van der Waals surface area contributed by atoms with Gasteiger partial charge >= 0.3 is 0 Å². The maximum Gasteiger partial charge on any atom is 0.161 e. The van der Waals surface area contributed by atoms with E-state index in [-0.39, 0.29) is 6.04 Å². The molecule has 2 rings (SSSR count). The molecule has 4 nitrogen and oxygen atoms in total. The first-order valence-corrected chi connectivity index (χ1v) is 5.47. The standard InChI is InChI=1S/C12H17NO3/c1-8(13-2)12(14)9-3-4-10-11(7-9)16-6-5-15-10/h3-4,7-8,12-14H,5-6H2,1-2H3. The van der Waals surface area contributed by atoms with Crippen molar-refractivity contribution in [1.82, 2.24) is 5.32 Å². The van der Waals surface area contributed by atoms with Gasteiger partial charge in [-0.3, -0.25) is 0 Å². The Morgan fingerprint density at radius 2 is 1.94 bits per heavy atom. The summed E-state index contributed by atoms with van der Waals surface area (Å²) < 4.78 is 10.9. The minimum absolute atomic E-state index is 0.00237. The van der Waals surface area contributed by atoms with Crippen LogP contribution in [0.5, 0.6) is 11.5 Å². The molecule has 0 saturated heterocycles. The minimum Gasteiger partial charge on any atom is -0.486 e. The van der Waals surface area contributed by atoms with E-state index in [1.807, 2.05) is 32.2 Å². The summed E-state index contributed by atoms with van der Waals surface area (Å²) in [7, 11) is 1.83. The summed E-state index contributed by atoms with van der Waals surface area (Å²) in [5.41, 5.74) is 0.839. The van der Waals surface area contributed by atoms with Crippen LogP contribution in [0.15, 0.2) is 18.2 Å². The molecule has 2 atom stereocenters. The van der Waals surface area contributed by atoms with Gasteiger partial charge in [-0.05, 0) is 31.7 Å². The van der Waals surface area contributed by atoms with Gasteiger partial charge in [0.1, 0.15) is 13.2 Å². The van der Waals surface area contributed by atoms with Crippen molar-refractivity contribution < 1.29 is 14.6 Å².